The Morgan fingerprint density at radius 3 is 2.02 bits per heavy atom. The van der Waals surface area contributed by atoms with Gasteiger partial charge in [-0.2, -0.15) is 10.2 Å². The smallest absolute Gasteiger partial charge is 0.305 e. The molecule has 0 saturated heterocycles. The summed E-state index contributed by atoms with van der Waals surface area (Å²) in [5, 5.41) is 33.9. The molecule has 2 aromatic heterocycles. The molecule has 42 heavy (non-hydrogen) atoms. The summed E-state index contributed by atoms with van der Waals surface area (Å²) in [4.78, 5) is 22.6. The number of hydrogen-bond acceptors (Lipinski definition) is 10. The molecule has 14 nitrogen and oxygen atoms in total. The van der Waals surface area contributed by atoms with Crippen molar-refractivity contribution in [2.75, 3.05) is 13.2 Å². The number of hydrogen-bond donors (Lipinski definition) is 4. The Morgan fingerprint density at radius 1 is 0.857 bits per heavy atom. The predicted molar refractivity (Wildman–Crippen MR) is 156 cm³/mol. The number of aryl methyl sites for hydroxylation is 2. The summed E-state index contributed by atoms with van der Waals surface area (Å²) in [7, 11) is 0. The number of nitrogens with zero attached hydrogens (tertiary/aromatic N) is 6. The molecule has 6 N–H and O–H groups in total. The van der Waals surface area contributed by atoms with Gasteiger partial charge in [0.05, 0.1) is 30.4 Å². The van der Waals surface area contributed by atoms with Crippen LogP contribution in [0.5, 0.6) is 0 Å². The van der Waals surface area contributed by atoms with Gasteiger partial charge in [-0.1, -0.05) is 34.6 Å². The number of carbonyl (C=O) groups excluding carboxylic acids is 2. The van der Waals surface area contributed by atoms with Crippen molar-refractivity contribution in [3.05, 3.63) is 59.9 Å². The predicted octanol–water partition coefficient (Wildman–Crippen LogP) is 2.95. The number of oxime groups is 2. The van der Waals surface area contributed by atoms with Gasteiger partial charge in [0.15, 0.2) is 11.7 Å². The van der Waals surface area contributed by atoms with E-state index in [-0.39, 0.29) is 23.6 Å². The van der Waals surface area contributed by atoms with Crippen molar-refractivity contribution in [1.29, 1.82) is 0 Å². The zero-order valence-corrected chi connectivity index (χ0v) is 23.6. The average Bonchev–Trinajstić information content (AvgIpc) is 3.61. The molecule has 0 unspecified atom stereocenters. The first-order valence-corrected chi connectivity index (χ1v) is 13.5. The summed E-state index contributed by atoms with van der Waals surface area (Å²) in [5.41, 5.74) is 14.2. The molecule has 0 amide bonds. The van der Waals surface area contributed by atoms with E-state index in [2.05, 4.69) is 20.5 Å². The molecule has 0 atom stereocenters. The van der Waals surface area contributed by atoms with Crippen molar-refractivity contribution in [2.45, 2.75) is 52.6 Å². The second kappa shape index (κ2) is 15.6. The van der Waals surface area contributed by atoms with Crippen LogP contribution in [0.3, 0.4) is 0 Å². The molecule has 224 valence electrons. The maximum Gasteiger partial charge on any atom is 0.305 e. The van der Waals surface area contributed by atoms with Crippen molar-refractivity contribution < 1.29 is 29.5 Å². The largest absolute Gasteiger partial charge is 0.466 e. The third-order valence-corrected chi connectivity index (χ3v) is 6.18. The number of ether oxygens (including phenoxy) is 2. The van der Waals surface area contributed by atoms with Crippen molar-refractivity contribution >= 4 is 45.4 Å². The second-order valence-electron chi connectivity index (χ2n) is 9.02. The van der Waals surface area contributed by atoms with Gasteiger partial charge in [0.1, 0.15) is 0 Å². The standard InChI is InChI=1S/2C14H18N4O3/c1-2-21-13(19)7-4-8-18-9-11-10(14(15)17-20)5-3-6-12(11)16-18;1-2-21-13(19)7-4-8-18-12-6-3-5-10(14(15)17-20)11(12)9-16-18/h2*3,5-6,9,20H,2,4,7-8H2,1H3,(H2,15,17). The lowest BCUT2D eigenvalue weighted by atomic mass is 10.1. The Balaban J connectivity index is 0.000000230. The van der Waals surface area contributed by atoms with Crippen LogP contribution >= 0.6 is 0 Å². The molecule has 0 bridgehead atoms. The van der Waals surface area contributed by atoms with Crippen LogP contribution in [0.25, 0.3) is 21.8 Å². The first-order valence-electron chi connectivity index (χ1n) is 13.5. The molecule has 0 aliphatic rings. The van der Waals surface area contributed by atoms with E-state index in [1.807, 2.05) is 24.4 Å². The first kappa shape index (κ1) is 31.4. The Morgan fingerprint density at radius 2 is 1.43 bits per heavy atom. The highest BCUT2D eigenvalue weighted by Gasteiger charge is 2.11. The Kier molecular flexibility index (Phi) is 11.7. The number of nitrogens with two attached hydrogens (primary N) is 2. The fraction of sp³-hybridized carbons (Fsp3) is 0.357. The van der Waals surface area contributed by atoms with Gasteiger partial charge in [-0.25, -0.2) is 0 Å². The minimum atomic E-state index is -0.202. The number of benzene rings is 2. The molecular weight excluding hydrogens is 544 g/mol. The monoisotopic (exact) mass is 580 g/mol. The van der Waals surface area contributed by atoms with E-state index in [0.717, 1.165) is 21.8 Å². The third-order valence-electron chi connectivity index (χ3n) is 6.18. The highest BCUT2D eigenvalue weighted by Crippen LogP contribution is 2.19. The number of aromatic nitrogens is 4. The lowest BCUT2D eigenvalue weighted by Crippen LogP contribution is -2.13. The number of rotatable bonds is 12. The Labute approximate surface area is 242 Å². The van der Waals surface area contributed by atoms with E-state index < -0.39 is 0 Å². The molecule has 14 heteroatoms. The molecule has 0 fully saturated rings. The Bertz CT molecular complexity index is 1530. The summed E-state index contributed by atoms with van der Waals surface area (Å²) in [5.74, 6) is -0.309. The van der Waals surface area contributed by atoms with Gasteiger partial charge < -0.3 is 31.4 Å². The molecule has 0 radical (unpaired) electrons. The lowest BCUT2D eigenvalue weighted by molar-refractivity contribution is -0.144. The summed E-state index contributed by atoms with van der Waals surface area (Å²) in [6, 6.07) is 10.9. The molecule has 2 aromatic carbocycles. The number of amidine groups is 2. The molecule has 0 aliphatic carbocycles. The average molecular weight is 581 g/mol. The van der Waals surface area contributed by atoms with Crippen LogP contribution in [0.15, 0.2) is 59.1 Å². The summed E-state index contributed by atoms with van der Waals surface area (Å²) in [6.45, 7) is 5.56. The van der Waals surface area contributed by atoms with Gasteiger partial charge in [-0.05, 0) is 38.8 Å². The molecule has 2 heterocycles. The van der Waals surface area contributed by atoms with Gasteiger partial charge in [-0.15, -0.1) is 0 Å². The highest BCUT2D eigenvalue weighted by molar-refractivity contribution is 6.08. The van der Waals surface area contributed by atoms with Gasteiger partial charge in [0.2, 0.25) is 0 Å². The van der Waals surface area contributed by atoms with Crippen LogP contribution in [0.2, 0.25) is 0 Å². The lowest BCUT2D eigenvalue weighted by Gasteiger charge is -2.05. The van der Waals surface area contributed by atoms with Crippen LogP contribution in [-0.4, -0.2) is 66.8 Å². The highest BCUT2D eigenvalue weighted by atomic mass is 16.5. The maximum absolute atomic E-state index is 11.3. The van der Waals surface area contributed by atoms with E-state index in [1.54, 1.807) is 47.6 Å². The van der Waals surface area contributed by atoms with Gasteiger partial charge in [0.25, 0.3) is 0 Å². The minimum absolute atomic E-state index is 0.0478. The van der Waals surface area contributed by atoms with Crippen LogP contribution in [0.1, 0.15) is 50.7 Å². The first-order chi connectivity index (χ1) is 20.3. The molecule has 0 spiro atoms. The number of esters is 2. The number of carbonyl (C=O) groups is 2. The minimum Gasteiger partial charge on any atom is -0.466 e. The normalized spacial score (nSPS) is 11.8. The van der Waals surface area contributed by atoms with E-state index in [9.17, 15) is 9.59 Å². The molecule has 4 aromatic rings. The summed E-state index contributed by atoms with van der Waals surface area (Å²) < 4.78 is 13.3. The topological polar surface area (TPSA) is 205 Å². The van der Waals surface area contributed by atoms with E-state index in [0.29, 0.717) is 63.1 Å². The molecule has 0 aliphatic heterocycles. The van der Waals surface area contributed by atoms with Crippen molar-refractivity contribution in [3.63, 3.8) is 0 Å². The molecule has 4 rings (SSSR count). The van der Waals surface area contributed by atoms with Crippen molar-refractivity contribution in [3.8, 4) is 0 Å². The van der Waals surface area contributed by atoms with E-state index in [1.165, 1.54) is 0 Å². The molecular formula is C28H36N8O6. The van der Waals surface area contributed by atoms with Crippen LogP contribution in [0, 0.1) is 0 Å². The fourth-order valence-corrected chi connectivity index (χ4v) is 4.27. The van der Waals surface area contributed by atoms with Gasteiger partial charge in [0, 0.05) is 54.0 Å². The van der Waals surface area contributed by atoms with Crippen LogP contribution < -0.4 is 11.5 Å². The number of fused-ring (bicyclic) bond motifs is 2. The van der Waals surface area contributed by atoms with Crippen LogP contribution in [0.4, 0.5) is 0 Å². The van der Waals surface area contributed by atoms with Gasteiger partial charge >= 0.3 is 11.9 Å². The van der Waals surface area contributed by atoms with Crippen LogP contribution in [-0.2, 0) is 32.2 Å². The Hall–Kier alpha value is -5.14. The quantitative estimate of drug-likeness (QED) is 0.0633. The SMILES string of the molecule is CCOC(=O)CCCn1cc2c(/C(N)=N\O)cccc2n1.CCOC(=O)CCCn1ncc2c(/C(N)=N\O)cccc21. The summed E-state index contributed by atoms with van der Waals surface area (Å²) >= 11 is 0. The van der Waals surface area contributed by atoms with E-state index >= 15 is 0 Å². The zero-order chi connectivity index (χ0) is 30.5. The molecule has 0 saturated carbocycles. The summed E-state index contributed by atoms with van der Waals surface area (Å²) in [6.07, 6.45) is 5.50. The van der Waals surface area contributed by atoms with E-state index in [4.69, 9.17) is 31.4 Å². The second-order valence-corrected chi connectivity index (χ2v) is 9.02. The maximum atomic E-state index is 11.3. The van der Waals surface area contributed by atoms with Crippen molar-refractivity contribution in [2.24, 2.45) is 21.8 Å². The third kappa shape index (κ3) is 8.19. The van der Waals surface area contributed by atoms with Gasteiger partial charge in [-0.3, -0.25) is 19.0 Å². The van der Waals surface area contributed by atoms with Crippen molar-refractivity contribution in [1.82, 2.24) is 19.6 Å². The fourth-order valence-electron chi connectivity index (χ4n) is 4.27. The zero-order valence-electron chi connectivity index (χ0n) is 23.6.